The second kappa shape index (κ2) is 7.24. The van der Waals surface area contributed by atoms with Gasteiger partial charge in [0.2, 0.25) is 0 Å². The number of methoxy groups -OCH3 is 1. The smallest absolute Gasteiger partial charge is 0.254 e. The lowest BCUT2D eigenvalue weighted by atomic mass is 10.2. The Hall–Kier alpha value is -1.86. The Kier molecular flexibility index (Phi) is 5.35. The van der Waals surface area contributed by atoms with Gasteiger partial charge in [-0.05, 0) is 19.4 Å². The first-order valence-electron chi connectivity index (χ1n) is 7.05. The van der Waals surface area contributed by atoms with Crippen LogP contribution < -0.4 is 10.9 Å². The number of hydrogen-bond acceptors (Lipinski definition) is 5. The molecule has 3 N–H and O–H groups in total. The van der Waals surface area contributed by atoms with Crippen LogP contribution in [0.1, 0.15) is 23.2 Å². The normalized spacial score (nSPS) is 17.9. The van der Waals surface area contributed by atoms with E-state index < -0.39 is 5.56 Å². The van der Waals surface area contributed by atoms with Crippen LogP contribution in [0.4, 0.5) is 0 Å². The summed E-state index contributed by atoms with van der Waals surface area (Å²) in [6, 6.07) is 2.73. The van der Waals surface area contributed by atoms with Crippen LogP contribution in [-0.4, -0.2) is 60.3 Å². The zero-order chi connectivity index (χ0) is 15.2. The van der Waals surface area contributed by atoms with Gasteiger partial charge in [-0.3, -0.25) is 14.6 Å². The van der Waals surface area contributed by atoms with E-state index in [0.717, 1.165) is 19.4 Å². The maximum absolute atomic E-state index is 12.5. The summed E-state index contributed by atoms with van der Waals surface area (Å²) >= 11 is 0. The molecule has 1 amide bonds. The zero-order valence-corrected chi connectivity index (χ0v) is 12.1. The van der Waals surface area contributed by atoms with Gasteiger partial charge < -0.3 is 20.1 Å². The van der Waals surface area contributed by atoms with Gasteiger partial charge in [-0.1, -0.05) is 0 Å². The number of rotatable bonds is 6. The Labute approximate surface area is 122 Å². The fraction of sp³-hybridized carbons (Fsp3) is 0.571. The number of aromatic amines is 1. The van der Waals surface area contributed by atoms with Gasteiger partial charge >= 0.3 is 0 Å². The van der Waals surface area contributed by atoms with Crippen molar-refractivity contribution in [3.05, 3.63) is 28.0 Å². The fourth-order valence-corrected chi connectivity index (χ4v) is 2.49. The summed E-state index contributed by atoms with van der Waals surface area (Å²) in [7, 11) is 1.58. The number of H-pyrrole nitrogens is 1. The van der Waals surface area contributed by atoms with Crippen molar-refractivity contribution >= 4 is 5.91 Å². The minimum Gasteiger partial charge on any atom is -0.494 e. The molecule has 7 nitrogen and oxygen atoms in total. The van der Waals surface area contributed by atoms with E-state index in [4.69, 9.17) is 4.74 Å². The molecule has 0 radical (unpaired) electrons. The lowest BCUT2D eigenvalue weighted by Gasteiger charge is -2.25. The molecule has 0 saturated carbocycles. The van der Waals surface area contributed by atoms with Gasteiger partial charge in [0.05, 0.1) is 12.2 Å². The standard InChI is InChI=1S/C14H21N3O4/c1-21-6-5-17(9-11-3-2-4-15-11)14(20)10-7-12(18)16-13(19)8-10/h7-8,11,15H,2-6,9H2,1H3,(H2,16,18,19). The van der Waals surface area contributed by atoms with Gasteiger partial charge in [0.1, 0.15) is 0 Å². The number of ether oxygens (including phenoxy) is 1. The molecule has 0 aromatic carbocycles. The van der Waals surface area contributed by atoms with Crippen molar-refractivity contribution in [1.82, 2.24) is 15.2 Å². The van der Waals surface area contributed by atoms with E-state index in [1.807, 2.05) is 0 Å². The summed E-state index contributed by atoms with van der Waals surface area (Å²) in [5.74, 6) is -0.585. The van der Waals surface area contributed by atoms with E-state index in [1.165, 1.54) is 12.1 Å². The lowest BCUT2D eigenvalue weighted by molar-refractivity contribution is 0.0678. The van der Waals surface area contributed by atoms with Gasteiger partial charge in [-0.25, -0.2) is 0 Å². The van der Waals surface area contributed by atoms with Crippen LogP contribution >= 0.6 is 0 Å². The third kappa shape index (κ3) is 4.30. The van der Waals surface area contributed by atoms with Crippen LogP contribution in [0.2, 0.25) is 0 Å². The second-order valence-electron chi connectivity index (χ2n) is 5.16. The first-order chi connectivity index (χ1) is 10.1. The number of nitrogens with zero attached hydrogens (tertiary/aromatic N) is 1. The molecule has 1 aromatic rings. The largest absolute Gasteiger partial charge is 0.494 e. The highest BCUT2D eigenvalue weighted by Gasteiger charge is 2.22. The van der Waals surface area contributed by atoms with Gasteiger partial charge in [0, 0.05) is 38.4 Å². The van der Waals surface area contributed by atoms with Crippen molar-refractivity contribution in [3.63, 3.8) is 0 Å². The van der Waals surface area contributed by atoms with Crippen LogP contribution in [-0.2, 0) is 4.74 Å². The number of aromatic hydroxyl groups is 1. The summed E-state index contributed by atoms with van der Waals surface area (Å²) in [6.07, 6.45) is 2.13. The summed E-state index contributed by atoms with van der Waals surface area (Å²) < 4.78 is 5.04. The molecule has 1 aromatic heterocycles. The fourth-order valence-electron chi connectivity index (χ4n) is 2.49. The molecule has 1 aliphatic rings. The van der Waals surface area contributed by atoms with Gasteiger partial charge in [-0.15, -0.1) is 0 Å². The topological polar surface area (TPSA) is 94.7 Å². The SMILES string of the molecule is COCCN(CC1CCCN1)C(=O)c1cc(O)[nH]c(=O)c1. The molecule has 116 valence electrons. The summed E-state index contributed by atoms with van der Waals surface area (Å²) in [6.45, 7) is 2.40. The van der Waals surface area contributed by atoms with E-state index in [-0.39, 0.29) is 23.4 Å². The average Bonchev–Trinajstić information content (AvgIpc) is 2.94. The van der Waals surface area contributed by atoms with Crippen LogP contribution in [0, 0.1) is 0 Å². The number of carbonyl (C=O) groups is 1. The molecule has 2 heterocycles. The molecular formula is C14H21N3O4. The van der Waals surface area contributed by atoms with Crippen molar-refractivity contribution < 1.29 is 14.6 Å². The summed E-state index contributed by atoms with van der Waals surface area (Å²) in [5.41, 5.74) is -0.311. The lowest BCUT2D eigenvalue weighted by Crippen LogP contribution is -2.42. The second-order valence-corrected chi connectivity index (χ2v) is 5.16. The third-order valence-corrected chi connectivity index (χ3v) is 3.53. The Morgan fingerprint density at radius 1 is 1.52 bits per heavy atom. The van der Waals surface area contributed by atoms with E-state index >= 15 is 0 Å². The molecule has 1 atom stereocenters. The third-order valence-electron chi connectivity index (χ3n) is 3.53. The molecule has 1 saturated heterocycles. The van der Waals surface area contributed by atoms with Crippen molar-refractivity contribution in [3.8, 4) is 5.88 Å². The Morgan fingerprint density at radius 2 is 2.33 bits per heavy atom. The van der Waals surface area contributed by atoms with Crippen LogP contribution in [0.3, 0.4) is 0 Å². The van der Waals surface area contributed by atoms with Gasteiger partial charge in [-0.2, -0.15) is 0 Å². The molecule has 0 spiro atoms. The molecule has 1 unspecified atom stereocenters. The minimum absolute atomic E-state index is 0.186. The average molecular weight is 295 g/mol. The van der Waals surface area contributed by atoms with Crippen LogP contribution in [0.15, 0.2) is 16.9 Å². The number of carbonyl (C=O) groups excluding carboxylic acids is 1. The highest BCUT2D eigenvalue weighted by atomic mass is 16.5. The van der Waals surface area contributed by atoms with Crippen molar-refractivity contribution in [1.29, 1.82) is 0 Å². The predicted octanol–water partition coefficient (Wildman–Crippen LogP) is -0.0789. The molecular weight excluding hydrogens is 274 g/mol. The molecule has 2 rings (SSSR count). The highest BCUT2D eigenvalue weighted by molar-refractivity contribution is 5.94. The predicted molar refractivity (Wildman–Crippen MR) is 77.5 cm³/mol. The van der Waals surface area contributed by atoms with Crippen LogP contribution in [0.25, 0.3) is 0 Å². The Bertz CT molecular complexity index is 537. The number of amides is 1. The van der Waals surface area contributed by atoms with Crippen LogP contribution in [0.5, 0.6) is 5.88 Å². The number of pyridine rings is 1. The van der Waals surface area contributed by atoms with Crippen molar-refractivity contribution in [2.24, 2.45) is 0 Å². The molecule has 7 heteroatoms. The summed E-state index contributed by atoms with van der Waals surface area (Å²) in [4.78, 5) is 27.8. The number of hydrogen-bond donors (Lipinski definition) is 3. The van der Waals surface area contributed by atoms with Crippen molar-refractivity contribution in [2.45, 2.75) is 18.9 Å². The Balaban J connectivity index is 2.13. The van der Waals surface area contributed by atoms with E-state index in [9.17, 15) is 14.7 Å². The quantitative estimate of drug-likeness (QED) is 0.682. The highest BCUT2D eigenvalue weighted by Crippen LogP contribution is 2.12. The molecule has 0 bridgehead atoms. The van der Waals surface area contributed by atoms with Gasteiger partial charge in [0.25, 0.3) is 11.5 Å². The minimum atomic E-state index is -0.496. The van der Waals surface area contributed by atoms with E-state index in [2.05, 4.69) is 10.3 Å². The first kappa shape index (κ1) is 15.5. The maximum Gasteiger partial charge on any atom is 0.254 e. The molecule has 0 aliphatic carbocycles. The molecule has 1 fully saturated rings. The number of nitrogens with one attached hydrogen (secondary N) is 2. The van der Waals surface area contributed by atoms with E-state index in [1.54, 1.807) is 12.0 Å². The molecule has 21 heavy (non-hydrogen) atoms. The Morgan fingerprint density at radius 3 is 2.95 bits per heavy atom. The summed E-state index contributed by atoms with van der Waals surface area (Å²) in [5, 5.41) is 12.8. The van der Waals surface area contributed by atoms with Gasteiger partial charge in [0.15, 0.2) is 5.88 Å². The van der Waals surface area contributed by atoms with Crippen molar-refractivity contribution in [2.75, 3.05) is 33.4 Å². The number of aromatic nitrogens is 1. The van der Waals surface area contributed by atoms with E-state index in [0.29, 0.717) is 19.7 Å². The monoisotopic (exact) mass is 295 g/mol. The zero-order valence-electron chi connectivity index (χ0n) is 12.1. The first-order valence-corrected chi connectivity index (χ1v) is 7.05. The maximum atomic E-state index is 12.5. The molecule has 1 aliphatic heterocycles.